The molecule has 1 heterocycles. The third kappa shape index (κ3) is 3.03. The lowest BCUT2D eigenvalue weighted by Crippen LogP contribution is -2.25. The number of rotatable bonds is 6. The van der Waals surface area contributed by atoms with Crippen molar-refractivity contribution in [2.75, 3.05) is 7.11 Å². The van der Waals surface area contributed by atoms with Gasteiger partial charge < -0.3 is 9.26 Å². The molecule has 0 fully saturated rings. The molecular weight excluding hydrogens is 268 g/mol. The largest absolute Gasteiger partial charge is 0.370 e. The maximum atomic E-state index is 12.4. The predicted octanol–water partition coefficient (Wildman–Crippen LogP) is 3.33. The maximum absolute atomic E-state index is 12.4. The molecule has 2 unspecified atom stereocenters. The molecule has 0 bridgehead atoms. The first-order valence-electron chi connectivity index (χ1n) is 7.00. The highest BCUT2D eigenvalue weighted by Gasteiger charge is 2.32. The minimum absolute atomic E-state index is 0.0404. The standard InChI is InChI=1S/C16H20N2O3/c1-5-16(3,20-4)15-17-14(21-18-15)11(2)13(19)12-9-7-6-8-10-12/h6-11H,5H2,1-4H3. The fourth-order valence-electron chi connectivity index (χ4n) is 1.98. The monoisotopic (exact) mass is 288 g/mol. The number of benzene rings is 1. The van der Waals surface area contributed by atoms with Crippen LogP contribution in [0, 0.1) is 0 Å². The Balaban J connectivity index is 2.23. The molecule has 0 radical (unpaired) electrons. The smallest absolute Gasteiger partial charge is 0.237 e. The number of Topliss-reactive ketones (excluding diaryl/α,β-unsaturated/α-hetero) is 1. The van der Waals surface area contributed by atoms with Gasteiger partial charge in [-0.1, -0.05) is 42.4 Å². The van der Waals surface area contributed by atoms with E-state index in [-0.39, 0.29) is 5.78 Å². The van der Waals surface area contributed by atoms with Crippen molar-refractivity contribution in [3.05, 3.63) is 47.6 Å². The zero-order chi connectivity index (χ0) is 15.5. The van der Waals surface area contributed by atoms with Crippen molar-refractivity contribution in [3.8, 4) is 0 Å². The van der Waals surface area contributed by atoms with Gasteiger partial charge in [-0.25, -0.2) is 0 Å². The van der Waals surface area contributed by atoms with Crippen LogP contribution in [-0.4, -0.2) is 23.0 Å². The van der Waals surface area contributed by atoms with Crippen LogP contribution in [0.15, 0.2) is 34.9 Å². The predicted molar refractivity (Wildman–Crippen MR) is 78.1 cm³/mol. The second-order valence-corrected chi connectivity index (χ2v) is 5.20. The van der Waals surface area contributed by atoms with Gasteiger partial charge >= 0.3 is 0 Å². The van der Waals surface area contributed by atoms with Gasteiger partial charge in [0.1, 0.15) is 5.60 Å². The van der Waals surface area contributed by atoms with Gasteiger partial charge in [0.05, 0.1) is 5.92 Å². The zero-order valence-electron chi connectivity index (χ0n) is 12.8. The molecule has 112 valence electrons. The molecule has 0 N–H and O–H groups in total. The first-order chi connectivity index (χ1) is 10.0. The van der Waals surface area contributed by atoms with Crippen molar-refractivity contribution in [1.82, 2.24) is 10.1 Å². The van der Waals surface area contributed by atoms with E-state index in [1.165, 1.54) is 0 Å². The van der Waals surface area contributed by atoms with Crippen molar-refractivity contribution >= 4 is 5.78 Å². The lowest BCUT2D eigenvalue weighted by atomic mass is 9.99. The van der Waals surface area contributed by atoms with Gasteiger partial charge in [-0.3, -0.25) is 4.79 Å². The number of nitrogens with zero attached hydrogens (tertiary/aromatic N) is 2. The fraction of sp³-hybridized carbons (Fsp3) is 0.438. The number of hydrogen-bond acceptors (Lipinski definition) is 5. The lowest BCUT2D eigenvalue weighted by molar-refractivity contribution is -0.0106. The second-order valence-electron chi connectivity index (χ2n) is 5.20. The van der Waals surface area contributed by atoms with Crippen LogP contribution in [0.1, 0.15) is 55.2 Å². The summed E-state index contributed by atoms with van der Waals surface area (Å²) in [5, 5.41) is 3.96. The van der Waals surface area contributed by atoms with Crippen LogP contribution in [0.3, 0.4) is 0 Å². The number of carbonyl (C=O) groups is 1. The van der Waals surface area contributed by atoms with Crippen molar-refractivity contribution < 1.29 is 14.1 Å². The van der Waals surface area contributed by atoms with Crippen molar-refractivity contribution in [1.29, 1.82) is 0 Å². The first kappa shape index (κ1) is 15.4. The van der Waals surface area contributed by atoms with E-state index in [9.17, 15) is 4.79 Å². The summed E-state index contributed by atoms with van der Waals surface area (Å²) in [5.41, 5.74) is 0.0341. The van der Waals surface area contributed by atoms with E-state index < -0.39 is 11.5 Å². The molecule has 0 amide bonds. The van der Waals surface area contributed by atoms with Crippen molar-refractivity contribution in [2.45, 2.75) is 38.7 Å². The summed E-state index contributed by atoms with van der Waals surface area (Å²) in [4.78, 5) is 16.7. The van der Waals surface area contributed by atoms with Crippen LogP contribution in [0.4, 0.5) is 0 Å². The van der Waals surface area contributed by atoms with E-state index in [4.69, 9.17) is 9.26 Å². The molecule has 2 rings (SSSR count). The summed E-state index contributed by atoms with van der Waals surface area (Å²) in [6, 6.07) is 9.09. The van der Waals surface area contributed by atoms with Crippen LogP contribution in [0.5, 0.6) is 0 Å². The van der Waals surface area contributed by atoms with Crippen molar-refractivity contribution in [3.63, 3.8) is 0 Å². The van der Waals surface area contributed by atoms with Crippen LogP contribution < -0.4 is 0 Å². The summed E-state index contributed by atoms with van der Waals surface area (Å²) >= 11 is 0. The van der Waals surface area contributed by atoms with E-state index in [1.807, 2.05) is 32.0 Å². The minimum Gasteiger partial charge on any atom is -0.370 e. The van der Waals surface area contributed by atoms with Crippen LogP contribution >= 0.6 is 0 Å². The Morgan fingerprint density at radius 2 is 2.05 bits per heavy atom. The quantitative estimate of drug-likeness (QED) is 0.763. The van der Waals surface area contributed by atoms with Gasteiger partial charge in [-0.2, -0.15) is 4.98 Å². The molecule has 2 aromatic rings. The van der Waals surface area contributed by atoms with Gasteiger partial charge in [0.25, 0.3) is 0 Å². The maximum Gasteiger partial charge on any atom is 0.237 e. The molecular formula is C16H20N2O3. The molecule has 5 heteroatoms. The molecule has 0 aliphatic rings. The van der Waals surface area contributed by atoms with Gasteiger partial charge in [0, 0.05) is 12.7 Å². The normalized spacial score (nSPS) is 15.4. The number of carbonyl (C=O) groups excluding carboxylic acids is 1. The Labute approximate surface area is 124 Å². The Morgan fingerprint density at radius 1 is 1.38 bits per heavy atom. The Kier molecular flexibility index (Phi) is 4.53. The third-order valence-corrected chi connectivity index (χ3v) is 3.86. The molecule has 0 aliphatic heterocycles. The molecule has 0 saturated heterocycles. The molecule has 1 aromatic heterocycles. The van der Waals surface area contributed by atoms with E-state index >= 15 is 0 Å². The Bertz CT molecular complexity index is 603. The molecule has 0 saturated carbocycles. The van der Waals surface area contributed by atoms with Gasteiger partial charge in [0.2, 0.25) is 11.7 Å². The van der Waals surface area contributed by atoms with Gasteiger partial charge in [-0.05, 0) is 20.3 Å². The summed E-state index contributed by atoms with van der Waals surface area (Å²) in [6.45, 7) is 5.64. The number of methoxy groups -OCH3 is 1. The molecule has 2 atom stereocenters. The van der Waals surface area contributed by atoms with Crippen LogP contribution in [0.2, 0.25) is 0 Å². The lowest BCUT2D eigenvalue weighted by Gasteiger charge is -2.21. The number of ether oxygens (including phenoxy) is 1. The van der Waals surface area contributed by atoms with Crippen LogP contribution in [-0.2, 0) is 10.3 Å². The van der Waals surface area contributed by atoms with Gasteiger partial charge in [-0.15, -0.1) is 0 Å². The summed E-state index contributed by atoms with van der Waals surface area (Å²) in [7, 11) is 1.61. The highest BCUT2D eigenvalue weighted by atomic mass is 16.5. The zero-order valence-corrected chi connectivity index (χ0v) is 12.8. The van der Waals surface area contributed by atoms with E-state index in [1.54, 1.807) is 26.2 Å². The highest BCUT2D eigenvalue weighted by Crippen LogP contribution is 2.27. The highest BCUT2D eigenvalue weighted by molar-refractivity contribution is 6.00. The minimum atomic E-state index is -0.600. The number of aromatic nitrogens is 2. The third-order valence-electron chi connectivity index (χ3n) is 3.86. The fourth-order valence-corrected chi connectivity index (χ4v) is 1.98. The van der Waals surface area contributed by atoms with E-state index in [0.29, 0.717) is 23.7 Å². The van der Waals surface area contributed by atoms with Gasteiger partial charge in [0.15, 0.2) is 5.78 Å². The molecule has 5 nitrogen and oxygen atoms in total. The Hall–Kier alpha value is -2.01. The topological polar surface area (TPSA) is 65.2 Å². The average Bonchev–Trinajstić information content (AvgIpc) is 3.04. The number of ketones is 1. The summed E-state index contributed by atoms with van der Waals surface area (Å²) in [5.74, 6) is 0.263. The van der Waals surface area contributed by atoms with E-state index in [0.717, 1.165) is 0 Å². The molecule has 1 aromatic carbocycles. The van der Waals surface area contributed by atoms with Crippen molar-refractivity contribution in [2.24, 2.45) is 0 Å². The summed E-state index contributed by atoms with van der Waals surface area (Å²) in [6.07, 6.45) is 0.712. The van der Waals surface area contributed by atoms with Crippen LogP contribution in [0.25, 0.3) is 0 Å². The van der Waals surface area contributed by atoms with E-state index in [2.05, 4.69) is 10.1 Å². The first-order valence-corrected chi connectivity index (χ1v) is 7.00. The average molecular weight is 288 g/mol. The molecule has 0 aliphatic carbocycles. The SMILES string of the molecule is CCC(C)(OC)c1noc(C(C)C(=O)c2ccccc2)n1. The Morgan fingerprint density at radius 3 is 2.62 bits per heavy atom. The summed E-state index contributed by atoms with van der Waals surface area (Å²) < 4.78 is 10.7. The number of hydrogen-bond donors (Lipinski definition) is 0. The second kappa shape index (κ2) is 6.18. The molecule has 21 heavy (non-hydrogen) atoms. The molecule has 0 spiro atoms.